The third kappa shape index (κ3) is 7.29. The molecule has 0 radical (unpaired) electrons. The molecule has 1 saturated heterocycles. The first-order valence-electron chi connectivity index (χ1n) is 12.0. The number of ether oxygens (including phenoxy) is 1. The van der Waals surface area contributed by atoms with Crippen LogP contribution >= 0.6 is 22.6 Å². The highest BCUT2D eigenvalue weighted by Gasteiger charge is 2.34. The van der Waals surface area contributed by atoms with E-state index in [0.29, 0.717) is 12.3 Å². The molecule has 1 aliphatic carbocycles. The molecule has 0 unspecified atom stereocenters. The molecule has 0 atom stereocenters. The fraction of sp³-hybridized carbons (Fsp3) is 0.520. The van der Waals surface area contributed by atoms with Crippen molar-refractivity contribution in [2.45, 2.75) is 44.0 Å². The van der Waals surface area contributed by atoms with Crippen LogP contribution in [0.25, 0.3) is 0 Å². The number of nitroso groups, excluding NO2 is 1. The summed E-state index contributed by atoms with van der Waals surface area (Å²) in [6.07, 6.45) is -1.02. The van der Waals surface area contributed by atoms with Gasteiger partial charge in [0.1, 0.15) is 5.69 Å². The monoisotopic (exact) mass is 602 g/mol. The van der Waals surface area contributed by atoms with Crippen molar-refractivity contribution in [1.29, 1.82) is 0 Å². The van der Waals surface area contributed by atoms with E-state index in [2.05, 4.69) is 67.1 Å². The predicted octanol–water partition coefficient (Wildman–Crippen LogP) is 6.27. The molecule has 2 aromatic carbocycles. The molecule has 6 nitrogen and oxygen atoms in total. The lowest BCUT2D eigenvalue weighted by Gasteiger charge is -2.36. The number of rotatable bonds is 8. The summed E-state index contributed by atoms with van der Waals surface area (Å²) in [5.41, 5.74) is 0.0430. The molecule has 2 aromatic rings. The van der Waals surface area contributed by atoms with Gasteiger partial charge >= 0.3 is 6.18 Å². The van der Waals surface area contributed by atoms with Crippen LogP contribution in [0.1, 0.15) is 31.2 Å². The van der Waals surface area contributed by atoms with Crippen LogP contribution in [0.5, 0.6) is 0 Å². The second-order valence-electron chi connectivity index (χ2n) is 9.11. The van der Waals surface area contributed by atoms with Crippen molar-refractivity contribution in [3.8, 4) is 0 Å². The van der Waals surface area contributed by atoms with Gasteiger partial charge in [0.2, 0.25) is 0 Å². The van der Waals surface area contributed by atoms with E-state index in [4.69, 9.17) is 4.74 Å². The molecule has 0 spiro atoms. The first kappa shape index (κ1) is 26.2. The van der Waals surface area contributed by atoms with Crippen molar-refractivity contribution < 1.29 is 17.9 Å². The molecule has 1 aliphatic heterocycles. The molecule has 1 saturated carbocycles. The number of nitrogens with zero attached hydrogens (tertiary/aromatic N) is 3. The lowest BCUT2D eigenvalue weighted by Crippen LogP contribution is -2.47. The van der Waals surface area contributed by atoms with Crippen LogP contribution in [0.4, 0.5) is 30.2 Å². The maximum Gasteiger partial charge on any atom is 0.418 e. The summed E-state index contributed by atoms with van der Waals surface area (Å²) >= 11 is 2.32. The minimum absolute atomic E-state index is 0.0836. The van der Waals surface area contributed by atoms with Crippen molar-refractivity contribution in [1.82, 2.24) is 4.90 Å². The Morgan fingerprint density at radius 3 is 2.31 bits per heavy atom. The van der Waals surface area contributed by atoms with Gasteiger partial charge in [-0.25, -0.2) is 0 Å². The van der Waals surface area contributed by atoms with Gasteiger partial charge in [0.05, 0.1) is 18.3 Å². The largest absolute Gasteiger partial charge is 0.418 e. The normalized spacial score (nSPS) is 21.7. The van der Waals surface area contributed by atoms with Crippen LogP contribution in [-0.4, -0.2) is 56.4 Å². The first-order valence-corrected chi connectivity index (χ1v) is 13.1. The average molecular weight is 602 g/mol. The zero-order chi connectivity index (χ0) is 24.8. The van der Waals surface area contributed by atoms with Crippen LogP contribution in [0.2, 0.25) is 0 Å². The quantitative estimate of drug-likeness (QED) is 0.285. The second kappa shape index (κ2) is 11.9. The van der Waals surface area contributed by atoms with Gasteiger partial charge < -0.3 is 15.0 Å². The molecule has 1 N–H and O–H groups in total. The summed E-state index contributed by atoms with van der Waals surface area (Å²) in [6.45, 7) is 5.67. The van der Waals surface area contributed by atoms with Crippen LogP contribution in [0.3, 0.4) is 0 Å². The summed E-state index contributed by atoms with van der Waals surface area (Å²) < 4.78 is 46.8. The fourth-order valence-corrected chi connectivity index (χ4v) is 5.13. The van der Waals surface area contributed by atoms with Gasteiger partial charge in [-0.1, -0.05) is 0 Å². The van der Waals surface area contributed by atoms with Crippen LogP contribution in [-0.2, 0) is 10.9 Å². The highest BCUT2D eigenvalue weighted by atomic mass is 127. The summed E-state index contributed by atoms with van der Waals surface area (Å²) in [5, 5.41) is 5.68. The van der Waals surface area contributed by atoms with Crippen molar-refractivity contribution >= 4 is 39.7 Å². The highest BCUT2D eigenvalue weighted by molar-refractivity contribution is 14.1. The molecule has 10 heteroatoms. The minimum atomic E-state index is -4.61. The van der Waals surface area contributed by atoms with Crippen LogP contribution < -0.4 is 10.2 Å². The number of hydrogen-bond donors (Lipinski definition) is 1. The smallest absolute Gasteiger partial charge is 0.382 e. The van der Waals surface area contributed by atoms with Gasteiger partial charge in [-0.2, -0.15) is 13.2 Å². The van der Waals surface area contributed by atoms with E-state index in [-0.39, 0.29) is 12.1 Å². The summed E-state index contributed by atoms with van der Waals surface area (Å²) in [4.78, 5) is 15.5. The summed E-state index contributed by atoms with van der Waals surface area (Å²) in [5.74, 6) is 0. The topological polar surface area (TPSA) is 57.2 Å². The van der Waals surface area contributed by atoms with Gasteiger partial charge in [0.25, 0.3) is 0 Å². The zero-order valence-corrected chi connectivity index (χ0v) is 21.6. The molecule has 35 heavy (non-hydrogen) atoms. The number of hydrogen-bond acceptors (Lipinski definition) is 6. The zero-order valence-electron chi connectivity index (χ0n) is 19.4. The Labute approximate surface area is 217 Å². The van der Waals surface area contributed by atoms with E-state index in [1.54, 1.807) is 0 Å². The molecular formula is C25H30F3IN4O2. The second-order valence-corrected chi connectivity index (χ2v) is 10.4. The van der Waals surface area contributed by atoms with E-state index in [1.165, 1.54) is 15.3 Å². The van der Waals surface area contributed by atoms with Gasteiger partial charge in [-0.3, -0.25) is 4.90 Å². The maximum absolute atomic E-state index is 13.2. The molecular weight excluding hydrogens is 572 g/mol. The average Bonchev–Trinajstić information content (AvgIpc) is 2.85. The Kier molecular flexibility index (Phi) is 8.87. The van der Waals surface area contributed by atoms with E-state index in [9.17, 15) is 18.1 Å². The third-order valence-corrected chi connectivity index (χ3v) is 7.49. The van der Waals surface area contributed by atoms with E-state index < -0.39 is 17.4 Å². The molecule has 0 aromatic heterocycles. The van der Waals surface area contributed by atoms with Gasteiger partial charge in [-0.05, 0) is 95.9 Å². The Morgan fingerprint density at radius 2 is 1.69 bits per heavy atom. The number of alkyl halides is 3. The Hall–Kier alpha value is -1.92. The third-order valence-electron chi connectivity index (χ3n) is 6.77. The molecule has 190 valence electrons. The minimum Gasteiger partial charge on any atom is -0.382 e. The number of benzene rings is 2. The van der Waals surface area contributed by atoms with E-state index in [1.807, 2.05) is 0 Å². The molecule has 1 heterocycles. The number of anilines is 2. The predicted molar refractivity (Wildman–Crippen MR) is 140 cm³/mol. The fourth-order valence-electron chi connectivity index (χ4n) is 4.77. The Balaban J connectivity index is 1.15. The molecule has 2 aliphatic rings. The van der Waals surface area contributed by atoms with Gasteiger partial charge in [0, 0.05) is 53.7 Å². The lowest BCUT2D eigenvalue weighted by molar-refractivity contribution is -0.137. The standard InChI is InChI=1S/C25H30F3IN4O2/c26-25(27,28)23-17-20(5-10-24(23)31-34)30-19-3-8-22(9-4-19)35-16-15-32-11-13-33(14-12-32)21-6-1-18(29)2-7-21/h1-2,5-7,10,17,19,22,30H,3-4,8-9,11-16H2. The molecule has 0 amide bonds. The highest BCUT2D eigenvalue weighted by Crippen LogP contribution is 2.38. The van der Waals surface area contributed by atoms with Gasteiger partial charge in [0.15, 0.2) is 0 Å². The van der Waals surface area contributed by atoms with Gasteiger partial charge in [-0.15, -0.1) is 4.91 Å². The number of nitrogens with one attached hydrogen (secondary N) is 1. The molecule has 0 bridgehead atoms. The van der Waals surface area contributed by atoms with Crippen molar-refractivity contribution in [3.05, 3.63) is 56.5 Å². The maximum atomic E-state index is 13.2. The SMILES string of the molecule is O=Nc1ccc(NC2CCC(OCCN3CCN(c4ccc(I)cc4)CC3)CC2)cc1C(F)(F)F. The van der Waals surface area contributed by atoms with Crippen molar-refractivity contribution in [2.24, 2.45) is 5.18 Å². The van der Waals surface area contributed by atoms with Crippen LogP contribution in [0.15, 0.2) is 47.6 Å². The van der Waals surface area contributed by atoms with E-state index in [0.717, 1.165) is 70.5 Å². The Morgan fingerprint density at radius 1 is 1.00 bits per heavy atom. The van der Waals surface area contributed by atoms with E-state index >= 15 is 0 Å². The summed E-state index contributed by atoms with van der Waals surface area (Å²) in [6, 6.07) is 12.3. The first-order chi connectivity index (χ1) is 16.8. The van der Waals surface area contributed by atoms with Crippen molar-refractivity contribution in [3.63, 3.8) is 0 Å². The van der Waals surface area contributed by atoms with Crippen LogP contribution in [0, 0.1) is 8.48 Å². The number of piperazine rings is 1. The van der Waals surface area contributed by atoms with Crippen molar-refractivity contribution in [2.75, 3.05) is 49.5 Å². The summed E-state index contributed by atoms with van der Waals surface area (Å²) in [7, 11) is 0. The molecule has 2 fully saturated rings. The molecule has 4 rings (SSSR count). The number of halogens is 4. The lowest BCUT2D eigenvalue weighted by atomic mass is 9.92. The Bertz CT molecular complexity index is 974.